The van der Waals surface area contributed by atoms with Crippen molar-refractivity contribution in [3.05, 3.63) is 71.8 Å². The van der Waals surface area contributed by atoms with Gasteiger partial charge in [-0.2, -0.15) is 0 Å². The fraction of sp³-hybridized carbons (Fsp3) is 0.294. The maximum atomic E-state index is 12.0. The number of rotatable bonds is 4. The van der Waals surface area contributed by atoms with Gasteiger partial charge >= 0.3 is 0 Å². The quantitative estimate of drug-likeness (QED) is 0.943. The zero-order chi connectivity index (χ0) is 14.7. The maximum Gasteiger partial charge on any atom is 0.152 e. The summed E-state index contributed by atoms with van der Waals surface area (Å²) in [6.45, 7) is 0.699. The average Bonchev–Trinajstić information content (AvgIpc) is 2.82. The Morgan fingerprint density at radius 2 is 1.52 bits per heavy atom. The third-order valence-electron chi connectivity index (χ3n) is 3.99. The highest BCUT2D eigenvalue weighted by Gasteiger charge is 2.37. The lowest BCUT2D eigenvalue weighted by atomic mass is 9.94. The highest BCUT2D eigenvalue weighted by molar-refractivity contribution is 7.91. The number of benzene rings is 2. The third kappa shape index (κ3) is 3.52. The zero-order valence-electron chi connectivity index (χ0n) is 11.8. The first-order valence-corrected chi connectivity index (χ1v) is 8.99. The van der Waals surface area contributed by atoms with Gasteiger partial charge in [-0.05, 0) is 11.1 Å². The van der Waals surface area contributed by atoms with Crippen LogP contribution in [0.3, 0.4) is 0 Å². The molecular formula is C17H19NO2S. The van der Waals surface area contributed by atoms with Gasteiger partial charge in [0.25, 0.3) is 0 Å². The first-order chi connectivity index (χ1) is 10.1. The minimum Gasteiger partial charge on any atom is -0.308 e. The van der Waals surface area contributed by atoms with Crippen molar-refractivity contribution in [2.24, 2.45) is 0 Å². The van der Waals surface area contributed by atoms with Crippen molar-refractivity contribution < 1.29 is 8.42 Å². The first kappa shape index (κ1) is 14.3. The van der Waals surface area contributed by atoms with Gasteiger partial charge in [-0.1, -0.05) is 60.7 Å². The van der Waals surface area contributed by atoms with E-state index in [-0.39, 0.29) is 23.5 Å². The highest BCUT2D eigenvalue weighted by Crippen LogP contribution is 2.29. The number of hydrogen-bond donors (Lipinski definition) is 1. The minimum absolute atomic E-state index is 0.0161. The molecule has 2 aromatic carbocycles. The van der Waals surface area contributed by atoms with Crippen LogP contribution in [0.15, 0.2) is 60.7 Å². The zero-order valence-corrected chi connectivity index (χ0v) is 12.6. The molecule has 1 fully saturated rings. The second-order valence-corrected chi connectivity index (χ2v) is 7.72. The standard InChI is InChI=1S/C17H19NO2S/c19-21(20)12-16(15-9-5-2-6-10-15)17(13-21)18-11-14-7-3-1-4-8-14/h1-10,16-18H,11-13H2/t16-,17+/m0/s1. The van der Waals surface area contributed by atoms with E-state index in [1.54, 1.807) is 0 Å². The molecule has 110 valence electrons. The molecule has 0 saturated carbocycles. The number of hydrogen-bond acceptors (Lipinski definition) is 3. The van der Waals surface area contributed by atoms with Crippen LogP contribution in [0.5, 0.6) is 0 Å². The fourth-order valence-corrected chi connectivity index (χ4v) is 4.93. The Balaban J connectivity index is 1.76. The minimum atomic E-state index is -2.96. The summed E-state index contributed by atoms with van der Waals surface area (Å²) in [5.41, 5.74) is 2.28. The fourth-order valence-electron chi connectivity index (χ4n) is 2.92. The van der Waals surface area contributed by atoms with Gasteiger partial charge < -0.3 is 5.32 Å². The summed E-state index contributed by atoms with van der Waals surface area (Å²) in [6, 6.07) is 20.0. The lowest BCUT2D eigenvalue weighted by Crippen LogP contribution is -2.34. The SMILES string of the molecule is O=S1(=O)C[C@@H](NCc2ccccc2)[C@H](c2ccccc2)C1. The first-order valence-electron chi connectivity index (χ1n) is 7.17. The van der Waals surface area contributed by atoms with E-state index in [1.165, 1.54) is 5.56 Å². The van der Waals surface area contributed by atoms with Crippen LogP contribution in [0.4, 0.5) is 0 Å². The molecule has 0 unspecified atom stereocenters. The van der Waals surface area contributed by atoms with E-state index < -0.39 is 9.84 Å². The molecule has 3 nitrogen and oxygen atoms in total. The van der Waals surface area contributed by atoms with Crippen molar-refractivity contribution in [3.63, 3.8) is 0 Å². The molecule has 2 aromatic rings. The largest absolute Gasteiger partial charge is 0.308 e. The van der Waals surface area contributed by atoms with Gasteiger partial charge in [-0.25, -0.2) is 8.42 Å². The predicted octanol–water partition coefficient (Wildman–Crippen LogP) is 2.36. The van der Waals surface area contributed by atoms with E-state index in [0.29, 0.717) is 6.54 Å². The lowest BCUT2D eigenvalue weighted by Gasteiger charge is -2.20. The second kappa shape index (κ2) is 6.00. The molecular weight excluding hydrogens is 282 g/mol. The van der Waals surface area contributed by atoms with Gasteiger partial charge in [0, 0.05) is 18.5 Å². The molecule has 1 aliphatic rings. The van der Waals surface area contributed by atoms with Crippen molar-refractivity contribution in [1.29, 1.82) is 0 Å². The lowest BCUT2D eigenvalue weighted by molar-refractivity contribution is 0.506. The molecule has 0 radical (unpaired) electrons. The van der Waals surface area contributed by atoms with Crippen molar-refractivity contribution in [2.45, 2.75) is 18.5 Å². The Hall–Kier alpha value is -1.65. The molecule has 4 heteroatoms. The Kier molecular flexibility index (Phi) is 4.08. The van der Waals surface area contributed by atoms with E-state index in [4.69, 9.17) is 0 Å². The summed E-state index contributed by atoms with van der Waals surface area (Å²) in [7, 11) is -2.96. The molecule has 0 aliphatic carbocycles. The normalized spacial score (nSPS) is 24.0. The van der Waals surface area contributed by atoms with E-state index in [2.05, 4.69) is 5.32 Å². The van der Waals surface area contributed by atoms with Crippen LogP contribution < -0.4 is 5.32 Å². The summed E-state index contributed by atoms with van der Waals surface area (Å²) in [5, 5.41) is 3.42. The third-order valence-corrected chi connectivity index (χ3v) is 5.73. The van der Waals surface area contributed by atoms with Crippen LogP contribution in [-0.4, -0.2) is 26.0 Å². The molecule has 0 aromatic heterocycles. The molecule has 3 rings (SSSR count). The van der Waals surface area contributed by atoms with Gasteiger partial charge in [0.05, 0.1) is 11.5 Å². The van der Waals surface area contributed by atoms with Crippen LogP contribution in [0.2, 0.25) is 0 Å². The molecule has 1 saturated heterocycles. The van der Waals surface area contributed by atoms with Gasteiger partial charge in [0.2, 0.25) is 0 Å². The second-order valence-electron chi connectivity index (χ2n) is 5.57. The van der Waals surface area contributed by atoms with E-state index in [9.17, 15) is 8.42 Å². The predicted molar refractivity (Wildman–Crippen MR) is 84.9 cm³/mol. The van der Waals surface area contributed by atoms with Crippen molar-refractivity contribution in [2.75, 3.05) is 11.5 Å². The van der Waals surface area contributed by atoms with Crippen LogP contribution in [0, 0.1) is 0 Å². The van der Waals surface area contributed by atoms with E-state index in [0.717, 1.165) is 5.56 Å². The Bertz CT molecular complexity index is 683. The van der Waals surface area contributed by atoms with Crippen LogP contribution in [0.25, 0.3) is 0 Å². The number of nitrogens with one attached hydrogen (secondary N) is 1. The molecule has 0 bridgehead atoms. The Morgan fingerprint density at radius 3 is 2.19 bits per heavy atom. The van der Waals surface area contributed by atoms with Gasteiger partial charge in [-0.3, -0.25) is 0 Å². The smallest absolute Gasteiger partial charge is 0.152 e. The summed E-state index contributed by atoms with van der Waals surface area (Å²) in [6.07, 6.45) is 0. The topological polar surface area (TPSA) is 46.2 Å². The summed E-state index contributed by atoms with van der Waals surface area (Å²) in [4.78, 5) is 0. The van der Waals surface area contributed by atoms with Gasteiger partial charge in [0.15, 0.2) is 9.84 Å². The summed E-state index contributed by atoms with van der Waals surface area (Å²) in [5.74, 6) is 0.503. The van der Waals surface area contributed by atoms with Crippen LogP contribution >= 0.6 is 0 Å². The molecule has 2 atom stereocenters. The Labute approximate surface area is 125 Å². The average molecular weight is 301 g/mol. The highest BCUT2D eigenvalue weighted by atomic mass is 32.2. The molecule has 21 heavy (non-hydrogen) atoms. The molecule has 1 N–H and O–H groups in total. The van der Waals surface area contributed by atoms with Gasteiger partial charge in [0.1, 0.15) is 0 Å². The maximum absolute atomic E-state index is 12.0. The number of sulfone groups is 1. The van der Waals surface area contributed by atoms with Gasteiger partial charge in [-0.15, -0.1) is 0 Å². The summed E-state index contributed by atoms with van der Waals surface area (Å²) >= 11 is 0. The molecule has 0 spiro atoms. The Morgan fingerprint density at radius 1 is 0.905 bits per heavy atom. The monoisotopic (exact) mass is 301 g/mol. The molecule has 1 heterocycles. The van der Waals surface area contributed by atoms with E-state index >= 15 is 0 Å². The summed E-state index contributed by atoms with van der Waals surface area (Å²) < 4.78 is 24.0. The van der Waals surface area contributed by atoms with Crippen molar-refractivity contribution in [1.82, 2.24) is 5.32 Å². The van der Waals surface area contributed by atoms with Crippen molar-refractivity contribution in [3.8, 4) is 0 Å². The molecule has 0 amide bonds. The van der Waals surface area contributed by atoms with Crippen LogP contribution in [-0.2, 0) is 16.4 Å². The molecule has 1 aliphatic heterocycles. The van der Waals surface area contributed by atoms with Crippen molar-refractivity contribution >= 4 is 9.84 Å². The van der Waals surface area contributed by atoms with Crippen LogP contribution in [0.1, 0.15) is 17.0 Å². The van der Waals surface area contributed by atoms with E-state index in [1.807, 2.05) is 60.7 Å².